The Bertz CT molecular complexity index is 897. The molecule has 4 rings (SSSR count). The maximum Gasteiger partial charge on any atom is 0.295 e. The number of ketones is 1. The summed E-state index contributed by atoms with van der Waals surface area (Å²) in [7, 11) is 1.51. The van der Waals surface area contributed by atoms with E-state index in [1.54, 1.807) is 29.2 Å². The van der Waals surface area contributed by atoms with Crippen LogP contribution in [-0.4, -0.2) is 34.8 Å². The molecule has 5 nitrogen and oxygen atoms in total. The van der Waals surface area contributed by atoms with Gasteiger partial charge in [-0.05, 0) is 36.4 Å². The average molecular weight is 383 g/mol. The van der Waals surface area contributed by atoms with Crippen molar-refractivity contribution in [2.24, 2.45) is 0 Å². The molecule has 1 amide bonds. The van der Waals surface area contributed by atoms with Crippen molar-refractivity contribution in [3.8, 4) is 5.75 Å². The number of methoxy groups -OCH3 is 1. The number of thiophene rings is 1. The number of nitrogens with zero attached hydrogens (tertiary/aromatic N) is 1. The Morgan fingerprint density at radius 2 is 1.89 bits per heavy atom. The van der Waals surface area contributed by atoms with Crippen LogP contribution in [0.1, 0.15) is 42.2 Å². The van der Waals surface area contributed by atoms with Crippen molar-refractivity contribution in [2.75, 3.05) is 7.11 Å². The molecule has 1 saturated heterocycles. The number of carbonyl (C=O) groups excluding carboxylic acids is 2. The van der Waals surface area contributed by atoms with E-state index >= 15 is 0 Å². The summed E-state index contributed by atoms with van der Waals surface area (Å²) in [5, 5.41) is 13.0. The number of carbonyl (C=O) groups is 2. The molecule has 2 aliphatic rings. The number of para-hydroxylation sites is 1. The lowest BCUT2D eigenvalue weighted by Gasteiger charge is -2.29. The van der Waals surface area contributed by atoms with Crippen molar-refractivity contribution in [1.29, 1.82) is 0 Å². The van der Waals surface area contributed by atoms with Crippen LogP contribution in [0.4, 0.5) is 0 Å². The molecule has 0 bridgehead atoms. The first-order chi connectivity index (χ1) is 13.1. The highest BCUT2D eigenvalue weighted by atomic mass is 32.1. The van der Waals surface area contributed by atoms with E-state index in [1.807, 2.05) is 17.5 Å². The number of likely N-dealkylation sites (tertiary alicyclic amines) is 1. The molecule has 2 aromatic rings. The lowest BCUT2D eigenvalue weighted by Crippen LogP contribution is -2.37. The Balaban J connectivity index is 1.89. The first-order valence-corrected chi connectivity index (χ1v) is 9.98. The lowest BCUT2D eigenvalue weighted by atomic mass is 9.99. The molecule has 0 radical (unpaired) electrons. The molecule has 1 aliphatic heterocycles. The van der Waals surface area contributed by atoms with Gasteiger partial charge in [0.25, 0.3) is 11.7 Å². The second-order valence-electron chi connectivity index (χ2n) is 6.86. The maximum absolute atomic E-state index is 12.9. The number of aliphatic hydroxyl groups excluding tert-OH is 1. The molecule has 1 N–H and O–H groups in total. The molecule has 1 saturated carbocycles. The highest BCUT2D eigenvalue weighted by Crippen LogP contribution is 2.45. The van der Waals surface area contributed by atoms with Crippen LogP contribution in [0, 0.1) is 0 Å². The second kappa shape index (κ2) is 7.19. The highest BCUT2D eigenvalue weighted by Gasteiger charge is 2.49. The van der Waals surface area contributed by atoms with Crippen molar-refractivity contribution < 1.29 is 19.4 Å². The van der Waals surface area contributed by atoms with Gasteiger partial charge >= 0.3 is 0 Å². The summed E-state index contributed by atoms with van der Waals surface area (Å²) in [6.07, 6.45) is 3.89. The number of hydrogen-bond acceptors (Lipinski definition) is 5. The summed E-state index contributed by atoms with van der Waals surface area (Å²) >= 11 is 1.49. The van der Waals surface area contributed by atoms with E-state index in [9.17, 15) is 14.7 Å². The summed E-state index contributed by atoms with van der Waals surface area (Å²) in [6.45, 7) is 0. The van der Waals surface area contributed by atoms with Crippen molar-refractivity contribution >= 4 is 28.8 Å². The van der Waals surface area contributed by atoms with Gasteiger partial charge in [-0.2, -0.15) is 0 Å². The normalized spacial score (nSPS) is 22.6. The van der Waals surface area contributed by atoms with Crippen molar-refractivity contribution in [2.45, 2.75) is 37.8 Å². The van der Waals surface area contributed by atoms with Crippen molar-refractivity contribution in [3.05, 3.63) is 57.8 Å². The Hall–Kier alpha value is -2.60. The standard InChI is InChI=1S/C21H21NO4S/c1-26-15-10-5-4-9-14(15)19(23)17-18(16-11-6-12-27-16)22(21(25)20(17)24)13-7-2-3-8-13/h4-6,9-13,18,23H,2-3,7-8H2,1H3/b19-17-. The number of aliphatic hydroxyl groups is 1. The minimum absolute atomic E-state index is 0.0384. The van der Waals surface area contributed by atoms with Crippen molar-refractivity contribution in [1.82, 2.24) is 4.90 Å². The number of ether oxygens (including phenoxy) is 1. The quantitative estimate of drug-likeness (QED) is 0.490. The fourth-order valence-electron chi connectivity index (χ4n) is 4.12. The second-order valence-corrected chi connectivity index (χ2v) is 7.84. The topological polar surface area (TPSA) is 66.8 Å². The first-order valence-electron chi connectivity index (χ1n) is 9.10. The molecule has 27 heavy (non-hydrogen) atoms. The van der Waals surface area contributed by atoms with Crippen LogP contribution < -0.4 is 4.74 Å². The van der Waals surface area contributed by atoms with Crippen LogP contribution in [-0.2, 0) is 9.59 Å². The average Bonchev–Trinajstić information content (AvgIpc) is 3.43. The molecule has 1 aliphatic carbocycles. The van der Waals surface area contributed by atoms with Crippen LogP contribution >= 0.6 is 11.3 Å². The minimum atomic E-state index is -0.622. The van der Waals surface area contributed by atoms with Gasteiger partial charge in [0.2, 0.25) is 0 Å². The van der Waals surface area contributed by atoms with Gasteiger partial charge in [-0.15, -0.1) is 11.3 Å². The zero-order valence-electron chi connectivity index (χ0n) is 15.1. The molecule has 2 heterocycles. The van der Waals surface area contributed by atoms with Gasteiger partial charge in [-0.1, -0.05) is 31.0 Å². The van der Waals surface area contributed by atoms with E-state index in [1.165, 1.54) is 18.4 Å². The van der Waals surface area contributed by atoms with Crippen LogP contribution in [0.5, 0.6) is 5.75 Å². The smallest absolute Gasteiger partial charge is 0.295 e. The molecule has 140 valence electrons. The van der Waals surface area contributed by atoms with Gasteiger partial charge in [0, 0.05) is 10.9 Å². The third kappa shape index (κ3) is 2.94. The van der Waals surface area contributed by atoms with Gasteiger partial charge in [-0.25, -0.2) is 0 Å². The number of rotatable bonds is 4. The van der Waals surface area contributed by atoms with E-state index in [-0.39, 0.29) is 17.4 Å². The number of amides is 1. The maximum atomic E-state index is 12.9. The van der Waals surface area contributed by atoms with E-state index in [0.29, 0.717) is 11.3 Å². The lowest BCUT2D eigenvalue weighted by molar-refractivity contribution is -0.141. The predicted octanol–water partition coefficient (Wildman–Crippen LogP) is 4.12. The van der Waals surface area contributed by atoms with Gasteiger partial charge in [0.1, 0.15) is 11.5 Å². The van der Waals surface area contributed by atoms with Crippen LogP contribution in [0.15, 0.2) is 47.4 Å². The number of Topliss-reactive ketones (excluding diaryl/α,β-unsaturated/α-hetero) is 1. The number of hydrogen-bond donors (Lipinski definition) is 1. The Morgan fingerprint density at radius 3 is 2.56 bits per heavy atom. The van der Waals surface area contributed by atoms with E-state index in [0.717, 1.165) is 30.6 Å². The summed E-state index contributed by atoms with van der Waals surface area (Å²) in [4.78, 5) is 28.4. The molecule has 0 spiro atoms. The summed E-state index contributed by atoms with van der Waals surface area (Å²) < 4.78 is 5.34. The SMILES string of the molecule is COc1ccccc1/C(O)=C1/C(=O)C(=O)N(C2CCCC2)C1c1cccs1. The monoisotopic (exact) mass is 383 g/mol. The van der Waals surface area contributed by atoms with Crippen LogP contribution in [0.25, 0.3) is 5.76 Å². The first kappa shape index (κ1) is 17.8. The highest BCUT2D eigenvalue weighted by molar-refractivity contribution is 7.10. The minimum Gasteiger partial charge on any atom is -0.507 e. The summed E-state index contributed by atoms with van der Waals surface area (Å²) in [5.74, 6) is -0.850. The summed E-state index contributed by atoms with van der Waals surface area (Å²) in [6, 6.07) is 10.3. The molecular weight excluding hydrogens is 362 g/mol. The third-order valence-corrected chi connectivity index (χ3v) is 6.30. The molecule has 1 aromatic heterocycles. The molecule has 1 unspecified atom stereocenters. The molecule has 1 atom stereocenters. The fourth-order valence-corrected chi connectivity index (χ4v) is 4.95. The Morgan fingerprint density at radius 1 is 1.15 bits per heavy atom. The molecular formula is C21H21NO4S. The Labute approximate surface area is 161 Å². The van der Waals surface area contributed by atoms with Gasteiger partial charge in [0.05, 0.1) is 24.3 Å². The third-order valence-electron chi connectivity index (χ3n) is 5.37. The largest absolute Gasteiger partial charge is 0.507 e. The number of benzene rings is 1. The van der Waals surface area contributed by atoms with Crippen LogP contribution in [0.3, 0.4) is 0 Å². The van der Waals surface area contributed by atoms with Crippen LogP contribution in [0.2, 0.25) is 0 Å². The van der Waals surface area contributed by atoms with E-state index in [4.69, 9.17) is 4.74 Å². The molecule has 2 fully saturated rings. The fraction of sp³-hybridized carbons (Fsp3) is 0.333. The van der Waals surface area contributed by atoms with Crippen molar-refractivity contribution in [3.63, 3.8) is 0 Å². The zero-order chi connectivity index (χ0) is 19.0. The van der Waals surface area contributed by atoms with Gasteiger partial charge < -0.3 is 14.7 Å². The van der Waals surface area contributed by atoms with Gasteiger partial charge in [-0.3, -0.25) is 9.59 Å². The van der Waals surface area contributed by atoms with E-state index < -0.39 is 17.7 Å². The molecule has 1 aromatic carbocycles. The van der Waals surface area contributed by atoms with E-state index in [2.05, 4.69) is 0 Å². The molecule has 6 heteroatoms. The van der Waals surface area contributed by atoms with Gasteiger partial charge in [0.15, 0.2) is 0 Å². The Kier molecular flexibility index (Phi) is 4.74. The predicted molar refractivity (Wildman–Crippen MR) is 104 cm³/mol. The summed E-state index contributed by atoms with van der Waals surface area (Å²) in [5.41, 5.74) is 0.574. The zero-order valence-corrected chi connectivity index (χ0v) is 15.9.